The Balaban J connectivity index is 1.52. The molecule has 0 N–H and O–H groups in total. The van der Waals surface area contributed by atoms with Gasteiger partial charge in [-0.3, -0.25) is 4.90 Å². The molecule has 4 heteroatoms. The minimum atomic E-state index is 0.787. The van der Waals surface area contributed by atoms with E-state index < -0.39 is 0 Å². The number of imidazole rings is 1. The molecule has 2 heterocycles. The normalized spacial score (nSPS) is 18.7. The van der Waals surface area contributed by atoms with Gasteiger partial charge >= 0.3 is 0 Å². The largest absolute Gasteiger partial charge is 0.497 e. The molecule has 1 aliphatic rings. The third-order valence-electron chi connectivity index (χ3n) is 5.09. The first-order valence-corrected chi connectivity index (χ1v) is 9.13. The van der Waals surface area contributed by atoms with Gasteiger partial charge in [-0.1, -0.05) is 12.1 Å². The zero-order valence-corrected chi connectivity index (χ0v) is 14.9. The second-order valence-electron chi connectivity index (χ2n) is 6.76. The molecule has 1 aromatic heterocycles. The van der Waals surface area contributed by atoms with Crippen molar-refractivity contribution >= 4 is 0 Å². The van der Waals surface area contributed by atoms with Gasteiger partial charge in [0.25, 0.3) is 0 Å². The molecule has 0 radical (unpaired) electrons. The van der Waals surface area contributed by atoms with E-state index in [0.717, 1.165) is 31.2 Å². The molecule has 2 aromatic rings. The summed E-state index contributed by atoms with van der Waals surface area (Å²) in [4.78, 5) is 7.10. The van der Waals surface area contributed by atoms with E-state index in [9.17, 15) is 0 Å². The van der Waals surface area contributed by atoms with Gasteiger partial charge in [0.05, 0.1) is 13.7 Å². The van der Waals surface area contributed by atoms with Crippen LogP contribution in [0.3, 0.4) is 0 Å². The number of rotatable bonds is 7. The van der Waals surface area contributed by atoms with Gasteiger partial charge in [0.2, 0.25) is 0 Å². The molecule has 0 saturated carbocycles. The number of aromatic nitrogens is 2. The number of hydrogen-bond acceptors (Lipinski definition) is 3. The fraction of sp³-hybridized carbons (Fsp3) is 0.550. The summed E-state index contributed by atoms with van der Waals surface area (Å²) >= 11 is 0. The highest BCUT2D eigenvalue weighted by atomic mass is 16.5. The molecule has 1 saturated heterocycles. The van der Waals surface area contributed by atoms with Crippen LogP contribution in [0.2, 0.25) is 0 Å². The van der Waals surface area contributed by atoms with Crippen LogP contribution in [0.4, 0.5) is 0 Å². The van der Waals surface area contributed by atoms with E-state index in [1.54, 1.807) is 7.11 Å². The number of ether oxygens (including phenoxy) is 1. The van der Waals surface area contributed by atoms with Crippen molar-refractivity contribution in [3.05, 3.63) is 48.0 Å². The Morgan fingerprint density at radius 2 is 2.25 bits per heavy atom. The number of hydrogen-bond donors (Lipinski definition) is 0. The monoisotopic (exact) mass is 327 g/mol. The van der Waals surface area contributed by atoms with E-state index in [1.807, 2.05) is 12.3 Å². The number of aryl methyl sites for hydroxylation is 2. The maximum Gasteiger partial charge on any atom is 0.122 e. The quantitative estimate of drug-likeness (QED) is 0.776. The van der Waals surface area contributed by atoms with Crippen molar-refractivity contribution in [2.24, 2.45) is 5.92 Å². The maximum atomic E-state index is 5.33. The fourth-order valence-corrected chi connectivity index (χ4v) is 3.71. The van der Waals surface area contributed by atoms with Crippen molar-refractivity contribution < 1.29 is 4.74 Å². The Morgan fingerprint density at radius 1 is 1.33 bits per heavy atom. The summed E-state index contributed by atoms with van der Waals surface area (Å²) in [7, 11) is 1.73. The van der Waals surface area contributed by atoms with Crippen LogP contribution in [0.25, 0.3) is 0 Å². The first kappa shape index (κ1) is 17.0. The summed E-state index contributed by atoms with van der Waals surface area (Å²) in [5.74, 6) is 2.95. The zero-order valence-electron chi connectivity index (χ0n) is 14.9. The predicted octanol–water partition coefficient (Wildman–Crippen LogP) is 3.76. The Labute approximate surface area is 145 Å². The highest BCUT2D eigenvalue weighted by Gasteiger charge is 2.21. The number of methoxy groups -OCH3 is 1. The fourth-order valence-electron chi connectivity index (χ4n) is 3.71. The van der Waals surface area contributed by atoms with Crippen molar-refractivity contribution in [2.75, 3.05) is 20.2 Å². The second kappa shape index (κ2) is 8.34. The number of piperidine rings is 1. The molecule has 0 bridgehead atoms. The first-order valence-electron chi connectivity index (χ1n) is 9.13. The molecule has 24 heavy (non-hydrogen) atoms. The molecule has 1 atom stereocenters. The molecule has 0 amide bonds. The Kier molecular flexibility index (Phi) is 5.91. The Hall–Kier alpha value is -1.81. The molecule has 1 aromatic carbocycles. The average Bonchev–Trinajstić information content (AvgIpc) is 3.07. The Morgan fingerprint density at radius 3 is 3.08 bits per heavy atom. The number of nitrogens with zero attached hydrogens (tertiary/aromatic N) is 3. The lowest BCUT2D eigenvalue weighted by Crippen LogP contribution is -2.35. The average molecular weight is 327 g/mol. The van der Waals surface area contributed by atoms with Gasteiger partial charge in [-0.25, -0.2) is 4.98 Å². The predicted molar refractivity (Wildman–Crippen MR) is 97.2 cm³/mol. The van der Waals surface area contributed by atoms with E-state index in [-0.39, 0.29) is 0 Å². The highest BCUT2D eigenvalue weighted by molar-refractivity contribution is 5.28. The number of likely N-dealkylation sites (tertiary alicyclic amines) is 1. The topological polar surface area (TPSA) is 30.3 Å². The molecule has 1 aliphatic heterocycles. The van der Waals surface area contributed by atoms with Gasteiger partial charge in [0.1, 0.15) is 11.6 Å². The van der Waals surface area contributed by atoms with Crippen molar-refractivity contribution in [2.45, 2.75) is 45.7 Å². The van der Waals surface area contributed by atoms with Crippen LogP contribution in [0, 0.1) is 5.92 Å². The van der Waals surface area contributed by atoms with Gasteiger partial charge in [0.15, 0.2) is 0 Å². The molecule has 0 aliphatic carbocycles. The van der Waals surface area contributed by atoms with Gasteiger partial charge in [-0.2, -0.15) is 0 Å². The van der Waals surface area contributed by atoms with Crippen molar-refractivity contribution in [3.8, 4) is 5.75 Å². The van der Waals surface area contributed by atoms with Crippen molar-refractivity contribution in [1.82, 2.24) is 14.5 Å². The van der Waals surface area contributed by atoms with Crippen LogP contribution in [0.15, 0.2) is 36.7 Å². The van der Waals surface area contributed by atoms with Gasteiger partial charge in [0, 0.05) is 25.5 Å². The number of benzene rings is 1. The minimum absolute atomic E-state index is 0.787. The molecular weight excluding hydrogens is 298 g/mol. The molecule has 1 fully saturated rings. The second-order valence-corrected chi connectivity index (χ2v) is 6.76. The van der Waals surface area contributed by atoms with Crippen LogP contribution < -0.4 is 4.74 Å². The third-order valence-corrected chi connectivity index (χ3v) is 5.09. The highest BCUT2D eigenvalue weighted by Crippen LogP contribution is 2.23. The lowest BCUT2D eigenvalue weighted by atomic mass is 9.91. The van der Waals surface area contributed by atoms with E-state index >= 15 is 0 Å². The van der Waals surface area contributed by atoms with E-state index in [1.165, 1.54) is 43.7 Å². The van der Waals surface area contributed by atoms with Crippen LogP contribution in [0.5, 0.6) is 5.75 Å². The minimum Gasteiger partial charge on any atom is -0.497 e. The van der Waals surface area contributed by atoms with Crippen LogP contribution in [-0.2, 0) is 19.5 Å². The standard InChI is InChI=1S/C20H29N3O/c1-3-23-13-11-21-20(23)16-22-12-5-7-18(15-22)10-9-17-6-4-8-19(14-17)24-2/h4,6,8,11,13-14,18H,3,5,7,9-10,12,15-16H2,1-2H3. The van der Waals surface area contributed by atoms with Crippen LogP contribution in [0.1, 0.15) is 37.6 Å². The summed E-state index contributed by atoms with van der Waals surface area (Å²) in [6.45, 7) is 6.56. The summed E-state index contributed by atoms with van der Waals surface area (Å²) in [6, 6.07) is 8.48. The maximum absolute atomic E-state index is 5.33. The molecule has 3 rings (SSSR count). The molecule has 0 spiro atoms. The van der Waals surface area contributed by atoms with Gasteiger partial charge in [-0.15, -0.1) is 0 Å². The summed E-state index contributed by atoms with van der Waals surface area (Å²) in [5, 5.41) is 0. The Bertz CT molecular complexity index is 637. The van der Waals surface area contributed by atoms with E-state index in [0.29, 0.717) is 0 Å². The smallest absolute Gasteiger partial charge is 0.122 e. The van der Waals surface area contributed by atoms with Crippen molar-refractivity contribution in [1.29, 1.82) is 0 Å². The molecule has 4 nitrogen and oxygen atoms in total. The van der Waals surface area contributed by atoms with Crippen molar-refractivity contribution in [3.63, 3.8) is 0 Å². The first-order chi connectivity index (χ1) is 11.8. The molecule has 1 unspecified atom stereocenters. The summed E-state index contributed by atoms with van der Waals surface area (Å²) < 4.78 is 7.58. The SMILES string of the molecule is CCn1ccnc1CN1CCCC(CCc2cccc(OC)c2)C1. The van der Waals surface area contributed by atoms with E-state index in [4.69, 9.17) is 4.74 Å². The van der Waals surface area contributed by atoms with Gasteiger partial charge < -0.3 is 9.30 Å². The lowest BCUT2D eigenvalue weighted by molar-refractivity contribution is 0.157. The summed E-state index contributed by atoms with van der Waals surface area (Å²) in [6.07, 6.45) is 9.05. The third kappa shape index (κ3) is 4.38. The van der Waals surface area contributed by atoms with Crippen LogP contribution >= 0.6 is 0 Å². The van der Waals surface area contributed by atoms with Crippen LogP contribution in [-0.4, -0.2) is 34.7 Å². The molecular formula is C20H29N3O. The summed E-state index contributed by atoms with van der Waals surface area (Å²) in [5.41, 5.74) is 1.38. The zero-order chi connectivity index (χ0) is 16.8. The lowest BCUT2D eigenvalue weighted by Gasteiger charge is -2.32. The van der Waals surface area contributed by atoms with Gasteiger partial charge in [-0.05, 0) is 62.8 Å². The molecule has 130 valence electrons. The van der Waals surface area contributed by atoms with E-state index in [2.05, 4.69) is 45.8 Å².